The van der Waals surface area contributed by atoms with E-state index in [4.69, 9.17) is 0 Å². The van der Waals surface area contributed by atoms with Crippen LogP contribution in [0.25, 0.3) is 11.4 Å². The minimum Gasteiger partial charge on any atom is -0.339 e. The van der Waals surface area contributed by atoms with E-state index < -0.39 is 0 Å². The molecule has 1 aliphatic rings. The summed E-state index contributed by atoms with van der Waals surface area (Å²) >= 11 is 0. The molecule has 166 valence electrons. The highest BCUT2D eigenvalue weighted by Gasteiger charge is 2.21. The average Bonchev–Trinajstić information content (AvgIpc) is 3.29. The molecular weight excluding hydrogens is 404 g/mol. The van der Waals surface area contributed by atoms with E-state index in [1.807, 2.05) is 35.2 Å². The van der Waals surface area contributed by atoms with Crippen molar-refractivity contribution in [2.45, 2.75) is 39.2 Å². The molecule has 0 unspecified atom stereocenters. The third-order valence-corrected chi connectivity index (χ3v) is 5.73. The second-order valence-electron chi connectivity index (χ2n) is 8.28. The first kappa shape index (κ1) is 21.7. The topological polar surface area (TPSA) is 93.0 Å². The van der Waals surface area contributed by atoms with Gasteiger partial charge < -0.3 is 10.2 Å². The molecule has 2 aromatic carbocycles. The number of aryl methyl sites for hydroxylation is 1. The van der Waals surface area contributed by atoms with Crippen LogP contribution in [0.2, 0.25) is 0 Å². The Morgan fingerprint density at radius 2 is 1.75 bits per heavy atom. The van der Waals surface area contributed by atoms with Crippen molar-refractivity contribution in [3.63, 3.8) is 0 Å². The van der Waals surface area contributed by atoms with E-state index in [2.05, 4.69) is 27.7 Å². The van der Waals surface area contributed by atoms with Crippen molar-refractivity contribution in [2.75, 3.05) is 18.4 Å². The molecule has 1 saturated heterocycles. The number of likely N-dealkylation sites (tertiary alicyclic amines) is 1. The van der Waals surface area contributed by atoms with Crippen molar-refractivity contribution in [1.29, 1.82) is 0 Å². The van der Waals surface area contributed by atoms with Gasteiger partial charge in [-0.25, -0.2) is 0 Å². The zero-order valence-electron chi connectivity index (χ0n) is 18.3. The van der Waals surface area contributed by atoms with Gasteiger partial charge in [-0.2, -0.15) is 4.80 Å². The molecule has 8 heteroatoms. The largest absolute Gasteiger partial charge is 0.339 e. The summed E-state index contributed by atoms with van der Waals surface area (Å²) in [5.41, 5.74) is 2.25. The highest BCUT2D eigenvalue weighted by Crippen LogP contribution is 2.19. The van der Waals surface area contributed by atoms with Crippen LogP contribution < -0.4 is 5.32 Å². The second-order valence-corrected chi connectivity index (χ2v) is 8.28. The van der Waals surface area contributed by atoms with Crippen LogP contribution in [-0.4, -0.2) is 50.0 Å². The Bertz CT molecular complexity index is 1040. The molecule has 0 aliphatic carbocycles. The van der Waals surface area contributed by atoms with Crippen LogP contribution in [0, 0.1) is 5.92 Å². The van der Waals surface area contributed by atoms with Gasteiger partial charge in [-0.15, -0.1) is 10.2 Å². The third-order valence-electron chi connectivity index (χ3n) is 5.73. The summed E-state index contributed by atoms with van der Waals surface area (Å²) in [4.78, 5) is 28.3. The standard InChI is InChI=1S/C24H28N6O2/c1-18-13-16-29(17-14-18)24(32)20-9-11-21(12-10-20)25-22(31)8-5-15-30-27-23(26-28-30)19-6-3-2-4-7-19/h2-4,6-7,9-12,18H,5,8,13-17H2,1H3,(H,25,31). The number of nitrogens with zero attached hydrogens (tertiary/aromatic N) is 5. The molecule has 0 atom stereocenters. The van der Waals surface area contributed by atoms with Crippen LogP contribution in [0.5, 0.6) is 0 Å². The van der Waals surface area contributed by atoms with Crippen molar-refractivity contribution < 1.29 is 9.59 Å². The van der Waals surface area contributed by atoms with Gasteiger partial charge in [0, 0.05) is 36.3 Å². The minimum atomic E-state index is -0.0857. The molecule has 1 aromatic heterocycles. The van der Waals surface area contributed by atoms with Crippen molar-refractivity contribution in [3.8, 4) is 11.4 Å². The van der Waals surface area contributed by atoms with Gasteiger partial charge in [0.1, 0.15) is 0 Å². The lowest BCUT2D eigenvalue weighted by Gasteiger charge is -2.30. The highest BCUT2D eigenvalue weighted by molar-refractivity contribution is 5.95. The quantitative estimate of drug-likeness (QED) is 0.615. The number of anilines is 1. The van der Waals surface area contributed by atoms with Crippen LogP contribution in [-0.2, 0) is 11.3 Å². The summed E-state index contributed by atoms with van der Waals surface area (Å²) in [6.45, 7) is 4.36. The zero-order valence-corrected chi connectivity index (χ0v) is 18.3. The maximum atomic E-state index is 12.6. The number of hydrogen-bond donors (Lipinski definition) is 1. The number of tetrazole rings is 1. The first-order valence-corrected chi connectivity index (χ1v) is 11.1. The van der Waals surface area contributed by atoms with Crippen LogP contribution in [0.1, 0.15) is 43.0 Å². The zero-order chi connectivity index (χ0) is 22.3. The second kappa shape index (κ2) is 10.2. The van der Waals surface area contributed by atoms with E-state index in [9.17, 15) is 9.59 Å². The molecule has 32 heavy (non-hydrogen) atoms. The maximum absolute atomic E-state index is 12.6. The third kappa shape index (κ3) is 5.57. The van der Waals surface area contributed by atoms with Gasteiger partial charge in [-0.3, -0.25) is 9.59 Å². The molecule has 0 radical (unpaired) electrons. The Morgan fingerprint density at radius 1 is 1.03 bits per heavy atom. The van der Waals surface area contributed by atoms with Gasteiger partial charge in [0.25, 0.3) is 5.91 Å². The van der Waals surface area contributed by atoms with Crippen LogP contribution >= 0.6 is 0 Å². The summed E-state index contributed by atoms with van der Waals surface area (Å²) < 4.78 is 0. The molecule has 1 fully saturated rings. The van der Waals surface area contributed by atoms with Gasteiger partial charge in [0.15, 0.2) is 0 Å². The number of hydrogen-bond acceptors (Lipinski definition) is 5. The Kier molecular flexibility index (Phi) is 6.89. The molecule has 0 bridgehead atoms. The molecule has 0 spiro atoms. The molecule has 1 aliphatic heterocycles. The molecule has 2 heterocycles. The predicted molar refractivity (Wildman–Crippen MR) is 122 cm³/mol. The van der Waals surface area contributed by atoms with E-state index in [0.29, 0.717) is 42.4 Å². The Balaban J connectivity index is 1.22. The number of aromatic nitrogens is 4. The molecule has 3 aromatic rings. The number of amides is 2. The Morgan fingerprint density at radius 3 is 2.47 bits per heavy atom. The lowest BCUT2D eigenvalue weighted by atomic mass is 9.98. The lowest BCUT2D eigenvalue weighted by molar-refractivity contribution is -0.116. The lowest BCUT2D eigenvalue weighted by Crippen LogP contribution is -2.37. The molecule has 2 amide bonds. The summed E-state index contributed by atoms with van der Waals surface area (Å²) in [6, 6.07) is 16.8. The van der Waals surface area contributed by atoms with Gasteiger partial charge >= 0.3 is 0 Å². The molecule has 8 nitrogen and oxygen atoms in total. The first-order valence-electron chi connectivity index (χ1n) is 11.1. The SMILES string of the molecule is CC1CCN(C(=O)c2ccc(NC(=O)CCCn3nnc(-c4ccccc4)n3)cc2)CC1. The van der Waals surface area contributed by atoms with Gasteiger partial charge in [0.2, 0.25) is 11.7 Å². The monoisotopic (exact) mass is 432 g/mol. The molecule has 4 rings (SSSR count). The maximum Gasteiger partial charge on any atom is 0.253 e. The van der Waals surface area contributed by atoms with E-state index in [0.717, 1.165) is 31.5 Å². The number of rotatable bonds is 7. The first-order chi connectivity index (χ1) is 15.6. The number of nitrogens with one attached hydrogen (secondary N) is 1. The summed E-state index contributed by atoms with van der Waals surface area (Å²) in [7, 11) is 0. The van der Waals surface area contributed by atoms with Crippen LogP contribution in [0.15, 0.2) is 54.6 Å². The normalized spacial score (nSPS) is 14.3. The smallest absolute Gasteiger partial charge is 0.253 e. The van der Waals surface area contributed by atoms with Gasteiger partial charge in [-0.05, 0) is 54.7 Å². The predicted octanol–water partition coefficient (Wildman–Crippen LogP) is 3.63. The average molecular weight is 433 g/mol. The summed E-state index contributed by atoms with van der Waals surface area (Å²) in [5, 5.41) is 15.4. The summed E-state index contributed by atoms with van der Waals surface area (Å²) in [6.07, 6.45) is 3.05. The van der Waals surface area contributed by atoms with Crippen molar-refractivity contribution in [2.24, 2.45) is 5.92 Å². The fourth-order valence-electron chi connectivity index (χ4n) is 3.74. The Labute approximate surface area is 187 Å². The van der Waals surface area contributed by atoms with Gasteiger partial charge in [-0.1, -0.05) is 37.3 Å². The van der Waals surface area contributed by atoms with Crippen molar-refractivity contribution >= 4 is 17.5 Å². The number of piperidine rings is 1. The molecular formula is C24H28N6O2. The van der Waals surface area contributed by atoms with E-state index in [-0.39, 0.29) is 11.8 Å². The number of carbonyl (C=O) groups excluding carboxylic acids is 2. The number of carbonyl (C=O) groups is 2. The van der Waals surface area contributed by atoms with E-state index in [1.165, 1.54) is 4.80 Å². The fourth-order valence-corrected chi connectivity index (χ4v) is 3.74. The van der Waals surface area contributed by atoms with E-state index >= 15 is 0 Å². The van der Waals surface area contributed by atoms with Crippen LogP contribution in [0.3, 0.4) is 0 Å². The molecule has 0 saturated carbocycles. The van der Waals surface area contributed by atoms with E-state index in [1.54, 1.807) is 24.3 Å². The van der Waals surface area contributed by atoms with Crippen LogP contribution in [0.4, 0.5) is 5.69 Å². The van der Waals surface area contributed by atoms with Crippen molar-refractivity contribution in [3.05, 3.63) is 60.2 Å². The summed E-state index contributed by atoms with van der Waals surface area (Å²) in [5.74, 6) is 1.23. The van der Waals surface area contributed by atoms with Gasteiger partial charge in [0.05, 0.1) is 6.54 Å². The highest BCUT2D eigenvalue weighted by atomic mass is 16.2. The molecule has 1 N–H and O–H groups in total. The van der Waals surface area contributed by atoms with Crippen molar-refractivity contribution in [1.82, 2.24) is 25.1 Å². The number of benzene rings is 2. The Hall–Kier alpha value is -3.55. The fraction of sp³-hybridized carbons (Fsp3) is 0.375. The minimum absolute atomic E-state index is 0.0602.